The Labute approximate surface area is 147 Å². The van der Waals surface area contributed by atoms with Crippen LogP contribution in [-0.2, 0) is 19.7 Å². The predicted molar refractivity (Wildman–Crippen MR) is 96.3 cm³/mol. The lowest BCUT2D eigenvalue weighted by Crippen LogP contribution is -2.15. The van der Waals surface area contributed by atoms with Crippen molar-refractivity contribution in [1.82, 2.24) is 0 Å². The van der Waals surface area contributed by atoms with Gasteiger partial charge in [0.2, 0.25) is 0 Å². The molecule has 1 N–H and O–H groups in total. The lowest BCUT2D eigenvalue weighted by molar-refractivity contribution is 0.102. The molecular weight excluding hydrogens is 362 g/mol. The largest absolute Gasteiger partial charge is 0.321 e. The van der Waals surface area contributed by atoms with Crippen LogP contribution < -0.4 is 5.32 Å². The van der Waals surface area contributed by atoms with Gasteiger partial charge in [0.1, 0.15) is 0 Å². The Hall–Kier alpha value is -2.19. The molecule has 0 aliphatic carbocycles. The van der Waals surface area contributed by atoms with Gasteiger partial charge in [0, 0.05) is 5.56 Å². The quantitative estimate of drug-likeness (QED) is 0.829. The van der Waals surface area contributed by atoms with Crippen LogP contribution in [0.4, 0.5) is 5.69 Å². The first kappa shape index (κ1) is 19.1. The molecule has 0 radical (unpaired) electrons. The standard InChI is InChI=1S/C17H19NO5S2/c1-3-24(20,21)14-11-9-13(10-12-14)17(19)18-15-7-5-6-8-16(15)25(22,23)4-2/h5-12H,3-4H2,1-2H3,(H,18,19). The number of carbonyl (C=O) groups is 1. The molecule has 0 aromatic heterocycles. The highest BCUT2D eigenvalue weighted by Crippen LogP contribution is 2.23. The van der Waals surface area contributed by atoms with Crippen LogP contribution >= 0.6 is 0 Å². The number of hydrogen-bond donors (Lipinski definition) is 1. The van der Waals surface area contributed by atoms with Crippen molar-refractivity contribution in [3.63, 3.8) is 0 Å². The molecule has 0 saturated carbocycles. The zero-order valence-electron chi connectivity index (χ0n) is 13.9. The average Bonchev–Trinajstić information content (AvgIpc) is 2.62. The van der Waals surface area contributed by atoms with Gasteiger partial charge < -0.3 is 5.32 Å². The fourth-order valence-corrected chi connectivity index (χ4v) is 4.11. The van der Waals surface area contributed by atoms with Crippen LogP contribution in [0.3, 0.4) is 0 Å². The fraction of sp³-hybridized carbons (Fsp3) is 0.235. The molecule has 2 aromatic rings. The van der Waals surface area contributed by atoms with E-state index in [9.17, 15) is 21.6 Å². The van der Waals surface area contributed by atoms with E-state index in [1.165, 1.54) is 43.3 Å². The van der Waals surface area contributed by atoms with E-state index in [2.05, 4.69) is 5.32 Å². The highest BCUT2D eigenvalue weighted by atomic mass is 32.2. The molecule has 0 heterocycles. The molecule has 0 aliphatic rings. The molecular formula is C17H19NO5S2. The smallest absolute Gasteiger partial charge is 0.255 e. The summed E-state index contributed by atoms with van der Waals surface area (Å²) in [5, 5.41) is 2.57. The summed E-state index contributed by atoms with van der Waals surface area (Å²) in [6, 6.07) is 11.7. The second kappa shape index (κ2) is 7.37. The van der Waals surface area contributed by atoms with Crippen molar-refractivity contribution in [1.29, 1.82) is 0 Å². The Balaban J connectivity index is 2.30. The van der Waals surface area contributed by atoms with Gasteiger partial charge in [0.15, 0.2) is 19.7 Å². The molecule has 134 valence electrons. The van der Waals surface area contributed by atoms with Gasteiger partial charge in [-0.2, -0.15) is 0 Å². The summed E-state index contributed by atoms with van der Waals surface area (Å²) in [5.74, 6) is -0.622. The van der Waals surface area contributed by atoms with Gasteiger partial charge >= 0.3 is 0 Å². The minimum atomic E-state index is -3.48. The van der Waals surface area contributed by atoms with Gasteiger partial charge in [-0.25, -0.2) is 16.8 Å². The maximum atomic E-state index is 12.4. The number of anilines is 1. The lowest BCUT2D eigenvalue weighted by atomic mass is 10.2. The van der Waals surface area contributed by atoms with Crippen LogP contribution in [0, 0.1) is 0 Å². The highest BCUT2D eigenvalue weighted by molar-refractivity contribution is 7.91. The first-order valence-electron chi connectivity index (χ1n) is 7.67. The summed E-state index contributed by atoms with van der Waals surface area (Å²) in [6.45, 7) is 3.07. The molecule has 25 heavy (non-hydrogen) atoms. The number of benzene rings is 2. The topological polar surface area (TPSA) is 97.4 Å². The molecule has 8 heteroatoms. The van der Waals surface area contributed by atoms with Crippen molar-refractivity contribution < 1.29 is 21.6 Å². The Morgan fingerprint density at radius 2 is 1.40 bits per heavy atom. The average molecular weight is 381 g/mol. The Bertz CT molecular complexity index is 978. The van der Waals surface area contributed by atoms with E-state index >= 15 is 0 Å². The van der Waals surface area contributed by atoms with Crippen molar-refractivity contribution in [2.45, 2.75) is 23.6 Å². The first-order chi connectivity index (χ1) is 11.7. The molecule has 0 bridgehead atoms. The summed E-state index contributed by atoms with van der Waals surface area (Å²) in [6.07, 6.45) is 0. The van der Waals surface area contributed by atoms with Gasteiger partial charge in [-0.15, -0.1) is 0 Å². The number of para-hydroxylation sites is 1. The Kier molecular flexibility index (Phi) is 5.64. The van der Waals surface area contributed by atoms with Crippen LogP contribution in [0.25, 0.3) is 0 Å². The Morgan fingerprint density at radius 1 is 0.840 bits per heavy atom. The van der Waals surface area contributed by atoms with E-state index in [-0.39, 0.29) is 32.5 Å². The monoisotopic (exact) mass is 381 g/mol. The number of amides is 1. The van der Waals surface area contributed by atoms with E-state index in [1.54, 1.807) is 19.1 Å². The van der Waals surface area contributed by atoms with Gasteiger partial charge in [0.05, 0.1) is 27.0 Å². The summed E-state index contributed by atoms with van der Waals surface area (Å²) in [7, 11) is -6.82. The van der Waals surface area contributed by atoms with Crippen LogP contribution in [0.1, 0.15) is 24.2 Å². The van der Waals surface area contributed by atoms with E-state index < -0.39 is 25.6 Å². The molecule has 0 fully saturated rings. The molecule has 0 aliphatic heterocycles. The van der Waals surface area contributed by atoms with Crippen LogP contribution in [0.15, 0.2) is 58.3 Å². The molecule has 0 spiro atoms. The maximum Gasteiger partial charge on any atom is 0.255 e. The van der Waals surface area contributed by atoms with Gasteiger partial charge in [-0.3, -0.25) is 4.79 Å². The number of sulfone groups is 2. The summed E-state index contributed by atoms with van der Waals surface area (Å²) < 4.78 is 47.8. The molecule has 0 unspecified atom stereocenters. The zero-order chi connectivity index (χ0) is 18.7. The van der Waals surface area contributed by atoms with Crippen LogP contribution in [-0.4, -0.2) is 34.2 Å². The maximum absolute atomic E-state index is 12.4. The van der Waals surface area contributed by atoms with E-state index in [0.29, 0.717) is 0 Å². The van der Waals surface area contributed by atoms with Crippen LogP contribution in [0.5, 0.6) is 0 Å². The van der Waals surface area contributed by atoms with E-state index in [0.717, 1.165) is 0 Å². The fourth-order valence-electron chi connectivity index (χ4n) is 2.17. The van der Waals surface area contributed by atoms with E-state index in [1.807, 2.05) is 0 Å². The molecule has 0 saturated heterocycles. The third-order valence-corrected chi connectivity index (χ3v) is 7.24. The van der Waals surface area contributed by atoms with Gasteiger partial charge in [-0.1, -0.05) is 26.0 Å². The Morgan fingerprint density at radius 3 is 1.96 bits per heavy atom. The highest BCUT2D eigenvalue weighted by Gasteiger charge is 2.18. The molecule has 0 atom stereocenters. The van der Waals surface area contributed by atoms with Crippen molar-refractivity contribution >= 4 is 31.3 Å². The molecule has 2 aromatic carbocycles. The minimum absolute atomic E-state index is 0.0270. The molecule has 1 amide bonds. The van der Waals surface area contributed by atoms with Gasteiger partial charge in [-0.05, 0) is 36.4 Å². The number of rotatable bonds is 6. The van der Waals surface area contributed by atoms with E-state index in [4.69, 9.17) is 0 Å². The number of nitrogens with one attached hydrogen (secondary N) is 1. The summed E-state index contributed by atoms with van der Waals surface area (Å²) in [5.41, 5.74) is 0.429. The second-order valence-electron chi connectivity index (χ2n) is 5.28. The first-order valence-corrected chi connectivity index (χ1v) is 11.0. The molecule has 6 nitrogen and oxygen atoms in total. The molecule has 2 rings (SSSR count). The summed E-state index contributed by atoms with van der Waals surface area (Å²) in [4.78, 5) is 12.5. The van der Waals surface area contributed by atoms with Crippen molar-refractivity contribution in [2.75, 3.05) is 16.8 Å². The SMILES string of the molecule is CCS(=O)(=O)c1ccc(C(=O)Nc2ccccc2S(=O)(=O)CC)cc1. The third-order valence-electron chi connectivity index (χ3n) is 3.71. The normalized spacial score (nSPS) is 11.9. The van der Waals surface area contributed by atoms with Crippen LogP contribution in [0.2, 0.25) is 0 Å². The second-order valence-corrected chi connectivity index (χ2v) is 9.81. The van der Waals surface area contributed by atoms with Gasteiger partial charge in [0.25, 0.3) is 5.91 Å². The van der Waals surface area contributed by atoms with Crippen molar-refractivity contribution in [2.24, 2.45) is 0 Å². The number of carbonyl (C=O) groups excluding carboxylic acids is 1. The van der Waals surface area contributed by atoms with Crippen molar-refractivity contribution in [3.8, 4) is 0 Å². The lowest BCUT2D eigenvalue weighted by Gasteiger charge is -2.11. The summed E-state index contributed by atoms with van der Waals surface area (Å²) >= 11 is 0. The minimum Gasteiger partial charge on any atom is -0.321 e. The number of hydrogen-bond acceptors (Lipinski definition) is 5. The predicted octanol–water partition coefficient (Wildman–Crippen LogP) is 2.53. The third kappa shape index (κ3) is 4.26. The zero-order valence-corrected chi connectivity index (χ0v) is 15.5. The van der Waals surface area contributed by atoms with Crippen molar-refractivity contribution in [3.05, 3.63) is 54.1 Å².